The summed E-state index contributed by atoms with van der Waals surface area (Å²) in [6.45, 7) is 3.23. The van der Waals surface area contributed by atoms with Crippen LogP contribution in [0.4, 0.5) is 13.2 Å². The van der Waals surface area contributed by atoms with Gasteiger partial charge in [-0.1, -0.05) is 19.1 Å². The van der Waals surface area contributed by atoms with Crippen LogP contribution in [0.25, 0.3) is 0 Å². The zero-order valence-electron chi connectivity index (χ0n) is 15.0. The van der Waals surface area contributed by atoms with Crippen LogP contribution in [-0.2, 0) is 15.7 Å². The molecule has 2 heterocycles. The van der Waals surface area contributed by atoms with Crippen molar-refractivity contribution in [3.63, 3.8) is 0 Å². The average molecular weight is 388 g/mol. The van der Waals surface area contributed by atoms with Crippen LogP contribution in [0.3, 0.4) is 0 Å². The fourth-order valence-corrected chi connectivity index (χ4v) is 4.37. The van der Waals surface area contributed by atoms with E-state index in [1.807, 2.05) is 18.2 Å². The average Bonchev–Trinajstić information content (AvgIpc) is 2.83. The molecule has 9 heteroatoms. The van der Waals surface area contributed by atoms with Gasteiger partial charge in [0, 0.05) is 6.92 Å². The van der Waals surface area contributed by atoms with Crippen LogP contribution in [0.2, 0.25) is 0 Å². The molecule has 6 nitrogen and oxygen atoms in total. The van der Waals surface area contributed by atoms with E-state index in [0.29, 0.717) is 0 Å². The number of nitrogens with zero attached hydrogens (tertiary/aromatic N) is 3. The number of benzene rings is 1. The van der Waals surface area contributed by atoms with Gasteiger partial charge in [0.05, 0.1) is 29.7 Å². The van der Waals surface area contributed by atoms with Gasteiger partial charge >= 0.3 is 6.18 Å². The molecule has 2 fully saturated rings. The third kappa shape index (κ3) is 2.19. The van der Waals surface area contributed by atoms with E-state index >= 15 is 0 Å². The maximum absolute atomic E-state index is 12.9. The van der Waals surface area contributed by atoms with Crippen molar-refractivity contribution in [1.29, 1.82) is 21.2 Å². The SMILES string of the molecule is CCC1C2(C)OC(=N)C1(C#N)C(C#N)(C#N)C(c1ccc(C(F)(F)F)cc1)O2. The molecule has 144 valence electrons. The van der Waals surface area contributed by atoms with Crippen LogP contribution >= 0.6 is 0 Å². The fourth-order valence-electron chi connectivity index (χ4n) is 4.37. The molecule has 4 unspecified atom stereocenters. The highest BCUT2D eigenvalue weighted by Gasteiger charge is 2.78. The van der Waals surface area contributed by atoms with Gasteiger partial charge in [0.1, 0.15) is 6.10 Å². The third-order valence-corrected chi connectivity index (χ3v) is 5.66. The Morgan fingerprint density at radius 1 is 1.11 bits per heavy atom. The second-order valence-electron chi connectivity index (χ2n) is 6.98. The normalized spacial score (nSPS) is 33.3. The van der Waals surface area contributed by atoms with E-state index in [0.717, 1.165) is 24.3 Å². The molecule has 0 aliphatic carbocycles. The lowest BCUT2D eigenvalue weighted by atomic mass is 9.53. The van der Waals surface area contributed by atoms with Gasteiger partial charge in [-0.2, -0.15) is 29.0 Å². The van der Waals surface area contributed by atoms with Gasteiger partial charge in [0.15, 0.2) is 5.41 Å². The van der Waals surface area contributed by atoms with Crippen molar-refractivity contribution in [3.8, 4) is 18.2 Å². The largest absolute Gasteiger partial charge is 0.448 e. The topological polar surface area (TPSA) is 114 Å². The number of ether oxygens (including phenoxy) is 2. The van der Waals surface area contributed by atoms with Gasteiger partial charge < -0.3 is 9.47 Å². The second kappa shape index (κ2) is 5.95. The van der Waals surface area contributed by atoms with E-state index in [-0.39, 0.29) is 12.0 Å². The van der Waals surface area contributed by atoms with Gasteiger partial charge in [0.2, 0.25) is 17.1 Å². The molecule has 0 aromatic heterocycles. The molecule has 1 aromatic rings. The van der Waals surface area contributed by atoms with E-state index in [1.165, 1.54) is 6.92 Å². The van der Waals surface area contributed by atoms with E-state index in [9.17, 15) is 29.0 Å². The molecule has 28 heavy (non-hydrogen) atoms. The Morgan fingerprint density at radius 2 is 1.68 bits per heavy atom. The number of fused-ring (bicyclic) bond motifs is 2. The lowest BCUT2D eigenvalue weighted by Gasteiger charge is -2.48. The standard InChI is InChI=1S/C19H15F3N4O2/c1-3-13-16(2)27-14(11-4-6-12(7-5-11)19(20,21)22)17(8-23,9-24)18(13,10-25)15(26)28-16/h4-7,13-14,26H,3H2,1-2H3. The van der Waals surface area contributed by atoms with Gasteiger partial charge in [-0.05, 0) is 24.1 Å². The minimum absolute atomic E-state index is 0.120. The third-order valence-electron chi connectivity index (χ3n) is 5.66. The van der Waals surface area contributed by atoms with Crippen LogP contribution in [0.1, 0.15) is 37.5 Å². The lowest BCUT2D eigenvalue weighted by molar-refractivity contribution is -0.273. The van der Waals surface area contributed by atoms with Crippen molar-refractivity contribution in [2.45, 2.75) is 38.3 Å². The van der Waals surface area contributed by atoms with Crippen molar-refractivity contribution in [1.82, 2.24) is 0 Å². The van der Waals surface area contributed by atoms with Crippen LogP contribution in [0, 0.1) is 56.2 Å². The molecule has 1 N–H and O–H groups in total. The van der Waals surface area contributed by atoms with Gasteiger partial charge in [0.25, 0.3) is 0 Å². The number of rotatable bonds is 2. The number of hydrogen-bond acceptors (Lipinski definition) is 6. The van der Waals surface area contributed by atoms with E-state index in [2.05, 4.69) is 0 Å². The van der Waals surface area contributed by atoms with Crippen LogP contribution < -0.4 is 0 Å². The molecule has 3 rings (SSSR count). The Hall–Kier alpha value is -3.09. The second-order valence-corrected chi connectivity index (χ2v) is 6.98. The maximum Gasteiger partial charge on any atom is 0.416 e. The van der Waals surface area contributed by atoms with Gasteiger partial charge in [-0.25, -0.2) is 0 Å². The first-order valence-electron chi connectivity index (χ1n) is 8.43. The molecule has 2 aliphatic heterocycles. The Kier molecular flexibility index (Phi) is 4.18. The number of nitriles is 3. The number of nitrogens with one attached hydrogen (secondary N) is 1. The summed E-state index contributed by atoms with van der Waals surface area (Å²) in [7, 11) is 0. The summed E-state index contributed by atoms with van der Waals surface area (Å²) in [5.41, 5.74) is -4.86. The maximum atomic E-state index is 12.9. The molecule has 1 aromatic carbocycles. The van der Waals surface area contributed by atoms with Crippen molar-refractivity contribution in [2.24, 2.45) is 16.7 Å². The predicted molar refractivity (Wildman–Crippen MR) is 88.0 cm³/mol. The number of halogens is 3. The molecule has 0 saturated carbocycles. The molecule has 0 spiro atoms. The van der Waals surface area contributed by atoms with E-state index in [4.69, 9.17) is 14.9 Å². The Labute approximate surface area is 159 Å². The van der Waals surface area contributed by atoms with E-state index < -0.39 is 46.3 Å². The highest BCUT2D eigenvalue weighted by Crippen LogP contribution is 2.67. The molecule has 2 aliphatic rings. The van der Waals surface area contributed by atoms with Crippen molar-refractivity contribution in [3.05, 3.63) is 35.4 Å². The zero-order valence-corrected chi connectivity index (χ0v) is 15.0. The summed E-state index contributed by atoms with van der Waals surface area (Å²) in [6.07, 6.45) is -5.64. The summed E-state index contributed by atoms with van der Waals surface area (Å²) in [5, 5.41) is 38.1. The molecular formula is C19H15F3N4O2. The smallest absolute Gasteiger partial charge is 0.416 e. The Bertz CT molecular complexity index is 940. The zero-order chi connectivity index (χ0) is 21.0. The minimum Gasteiger partial charge on any atom is -0.448 e. The summed E-state index contributed by atoms with van der Waals surface area (Å²) in [4.78, 5) is 0. The first kappa shape index (κ1) is 19.7. The Morgan fingerprint density at radius 3 is 2.11 bits per heavy atom. The summed E-state index contributed by atoms with van der Waals surface area (Å²) < 4.78 is 50.1. The lowest BCUT2D eigenvalue weighted by Crippen LogP contribution is -2.58. The number of hydrogen-bond donors (Lipinski definition) is 1. The van der Waals surface area contributed by atoms with Gasteiger partial charge in [-0.3, -0.25) is 5.41 Å². The first-order chi connectivity index (χ1) is 13.1. The van der Waals surface area contributed by atoms with Crippen LogP contribution in [-0.4, -0.2) is 11.7 Å². The van der Waals surface area contributed by atoms with Crippen molar-refractivity contribution >= 4 is 5.90 Å². The predicted octanol–water partition coefficient (Wildman–Crippen LogP) is 4.07. The minimum atomic E-state index is -4.55. The fraction of sp³-hybridized carbons (Fsp3) is 0.474. The molecule has 2 saturated heterocycles. The van der Waals surface area contributed by atoms with Crippen molar-refractivity contribution in [2.75, 3.05) is 0 Å². The molecular weight excluding hydrogens is 373 g/mol. The van der Waals surface area contributed by atoms with Crippen molar-refractivity contribution < 1.29 is 22.6 Å². The highest BCUT2D eigenvalue weighted by atomic mass is 19.4. The monoisotopic (exact) mass is 388 g/mol. The molecule has 2 bridgehead atoms. The Balaban J connectivity index is 2.24. The summed E-state index contributed by atoms with van der Waals surface area (Å²) in [5.74, 6) is -2.78. The quantitative estimate of drug-likeness (QED) is 0.820. The molecule has 0 radical (unpaired) electrons. The first-order valence-corrected chi connectivity index (χ1v) is 8.43. The highest BCUT2D eigenvalue weighted by molar-refractivity contribution is 5.89. The van der Waals surface area contributed by atoms with Crippen LogP contribution in [0.15, 0.2) is 24.3 Å². The van der Waals surface area contributed by atoms with E-state index in [1.54, 1.807) is 6.92 Å². The summed E-state index contributed by atoms with van der Waals surface area (Å²) >= 11 is 0. The summed E-state index contributed by atoms with van der Waals surface area (Å²) in [6, 6.07) is 9.50. The molecule has 0 amide bonds. The van der Waals surface area contributed by atoms with Crippen LogP contribution in [0.5, 0.6) is 0 Å². The molecule has 4 atom stereocenters. The number of alkyl halides is 3. The van der Waals surface area contributed by atoms with Gasteiger partial charge in [-0.15, -0.1) is 0 Å².